The number of carbonyl (C=O) groups is 2. The second-order valence-electron chi connectivity index (χ2n) is 4.53. The lowest BCUT2D eigenvalue weighted by molar-refractivity contribution is -0.144. The molecule has 0 bridgehead atoms. The number of carbonyl (C=O) groups excluding carboxylic acids is 2. The van der Waals surface area contributed by atoms with Crippen LogP contribution in [-0.4, -0.2) is 30.5 Å². The molecule has 0 radical (unpaired) electrons. The average Bonchev–Trinajstić information content (AvgIpc) is 2.93. The van der Waals surface area contributed by atoms with Crippen LogP contribution >= 0.6 is 11.3 Å². The van der Waals surface area contributed by atoms with Gasteiger partial charge in [-0.3, -0.25) is 4.79 Å². The standard InChI is InChI=1S/C15H16N2O3S/c1-10-14(21-9-17-10)12-5-3-11(4-6-12)7-13(16-8-18)15(19)20-2/h3-6,8-9,13H,7H2,1-2H3,(H,16,18). The van der Waals surface area contributed by atoms with Crippen molar-refractivity contribution in [3.63, 3.8) is 0 Å². The number of benzene rings is 1. The number of ether oxygens (including phenoxy) is 1. The Hall–Kier alpha value is -2.21. The summed E-state index contributed by atoms with van der Waals surface area (Å²) < 4.78 is 4.67. The van der Waals surface area contributed by atoms with Crippen molar-refractivity contribution in [3.8, 4) is 10.4 Å². The molecule has 0 aliphatic rings. The van der Waals surface area contributed by atoms with Crippen LogP contribution in [0.2, 0.25) is 0 Å². The summed E-state index contributed by atoms with van der Waals surface area (Å²) in [7, 11) is 1.30. The molecule has 1 heterocycles. The molecule has 21 heavy (non-hydrogen) atoms. The maximum Gasteiger partial charge on any atom is 0.328 e. The van der Waals surface area contributed by atoms with E-state index in [4.69, 9.17) is 0 Å². The third-order valence-corrected chi connectivity index (χ3v) is 4.13. The van der Waals surface area contributed by atoms with Gasteiger partial charge < -0.3 is 10.1 Å². The number of esters is 1. The summed E-state index contributed by atoms with van der Waals surface area (Å²) in [6, 6.07) is 7.20. The summed E-state index contributed by atoms with van der Waals surface area (Å²) in [6.07, 6.45) is 0.907. The van der Waals surface area contributed by atoms with Gasteiger partial charge in [-0.25, -0.2) is 9.78 Å². The lowest BCUT2D eigenvalue weighted by atomic mass is 10.0. The van der Waals surface area contributed by atoms with Gasteiger partial charge in [-0.05, 0) is 18.1 Å². The van der Waals surface area contributed by atoms with E-state index in [2.05, 4.69) is 15.0 Å². The van der Waals surface area contributed by atoms with E-state index in [9.17, 15) is 9.59 Å². The second kappa shape index (κ2) is 6.99. The van der Waals surface area contributed by atoms with Crippen LogP contribution in [0.5, 0.6) is 0 Å². The van der Waals surface area contributed by atoms with Crippen molar-refractivity contribution in [2.45, 2.75) is 19.4 Å². The monoisotopic (exact) mass is 304 g/mol. The Morgan fingerprint density at radius 3 is 2.67 bits per heavy atom. The highest BCUT2D eigenvalue weighted by atomic mass is 32.1. The van der Waals surface area contributed by atoms with Crippen LogP contribution < -0.4 is 5.32 Å². The molecule has 0 saturated carbocycles. The zero-order chi connectivity index (χ0) is 15.2. The van der Waals surface area contributed by atoms with Crippen LogP contribution in [0.15, 0.2) is 29.8 Å². The van der Waals surface area contributed by atoms with Crippen molar-refractivity contribution in [2.75, 3.05) is 7.11 Å². The van der Waals surface area contributed by atoms with Crippen molar-refractivity contribution < 1.29 is 14.3 Å². The summed E-state index contributed by atoms with van der Waals surface area (Å²) in [5, 5.41) is 2.47. The highest BCUT2D eigenvalue weighted by Gasteiger charge is 2.18. The number of hydrogen-bond donors (Lipinski definition) is 1. The van der Waals surface area contributed by atoms with Gasteiger partial charge in [0.05, 0.1) is 23.2 Å². The maximum atomic E-state index is 11.6. The molecule has 0 spiro atoms. The summed E-state index contributed by atoms with van der Waals surface area (Å²) >= 11 is 1.60. The molecule has 0 aliphatic carbocycles. The predicted octanol–water partition coefficient (Wildman–Crippen LogP) is 1.95. The van der Waals surface area contributed by atoms with Gasteiger partial charge >= 0.3 is 5.97 Å². The molecule has 1 amide bonds. The quantitative estimate of drug-likeness (QED) is 0.654. The van der Waals surface area contributed by atoms with E-state index >= 15 is 0 Å². The first-order chi connectivity index (χ1) is 10.2. The topological polar surface area (TPSA) is 68.3 Å². The van der Waals surface area contributed by atoms with E-state index in [-0.39, 0.29) is 0 Å². The third-order valence-electron chi connectivity index (χ3n) is 3.16. The van der Waals surface area contributed by atoms with Gasteiger partial charge in [-0.1, -0.05) is 24.3 Å². The number of nitrogens with one attached hydrogen (secondary N) is 1. The lowest BCUT2D eigenvalue weighted by Gasteiger charge is -2.13. The second-order valence-corrected chi connectivity index (χ2v) is 5.38. The van der Waals surface area contributed by atoms with Gasteiger partial charge in [-0.15, -0.1) is 11.3 Å². The Labute approximate surface area is 127 Å². The summed E-state index contributed by atoms with van der Waals surface area (Å²) in [5.41, 5.74) is 4.87. The highest BCUT2D eigenvalue weighted by Crippen LogP contribution is 2.27. The van der Waals surface area contributed by atoms with Gasteiger partial charge in [0.1, 0.15) is 6.04 Å². The van der Waals surface area contributed by atoms with Crippen molar-refractivity contribution in [1.82, 2.24) is 10.3 Å². The van der Waals surface area contributed by atoms with Crippen molar-refractivity contribution in [3.05, 3.63) is 41.0 Å². The molecule has 1 aromatic heterocycles. The van der Waals surface area contributed by atoms with E-state index in [0.29, 0.717) is 12.8 Å². The zero-order valence-corrected chi connectivity index (χ0v) is 12.6. The minimum absolute atomic E-state index is 0.396. The molecular formula is C15H16N2O3S. The van der Waals surface area contributed by atoms with Crippen LogP contribution in [0.25, 0.3) is 10.4 Å². The van der Waals surface area contributed by atoms with E-state index in [1.807, 2.05) is 36.7 Å². The van der Waals surface area contributed by atoms with E-state index in [0.717, 1.165) is 21.7 Å². The molecule has 1 atom stereocenters. The SMILES string of the molecule is COC(=O)C(Cc1ccc(-c2scnc2C)cc1)NC=O. The fraction of sp³-hybridized carbons (Fsp3) is 0.267. The molecule has 0 saturated heterocycles. The van der Waals surface area contributed by atoms with Crippen molar-refractivity contribution in [1.29, 1.82) is 0 Å². The lowest BCUT2D eigenvalue weighted by Crippen LogP contribution is -2.38. The first kappa shape index (κ1) is 15.2. The van der Waals surface area contributed by atoms with Crippen LogP contribution in [0.4, 0.5) is 0 Å². The number of nitrogens with zero attached hydrogens (tertiary/aromatic N) is 1. The summed E-state index contributed by atoms with van der Waals surface area (Å²) in [5.74, 6) is -0.454. The van der Waals surface area contributed by atoms with E-state index in [1.54, 1.807) is 11.3 Å². The van der Waals surface area contributed by atoms with Crippen LogP contribution in [0.3, 0.4) is 0 Å². The Morgan fingerprint density at radius 1 is 1.43 bits per heavy atom. The molecule has 0 fully saturated rings. The molecule has 0 aliphatic heterocycles. The minimum atomic E-state index is -0.663. The normalized spacial score (nSPS) is 11.7. The summed E-state index contributed by atoms with van der Waals surface area (Å²) in [4.78, 5) is 27.5. The minimum Gasteiger partial charge on any atom is -0.467 e. The van der Waals surface area contributed by atoms with E-state index in [1.165, 1.54) is 7.11 Å². The summed E-state index contributed by atoms with van der Waals surface area (Å²) in [6.45, 7) is 1.97. The van der Waals surface area contributed by atoms with Gasteiger partial charge in [0.15, 0.2) is 0 Å². The van der Waals surface area contributed by atoms with Crippen LogP contribution in [0.1, 0.15) is 11.3 Å². The number of hydrogen-bond acceptors (Lipinski definition) is 5. The Bertz CT molecular complexity index is 622. The third kappa shape index (κ3) is 3.66. The molecule has 2 rings (SSSR count). The molecule has 6 heteroatoms. The first-order valence-corrected chi connectivity index (χ1v) is 7.30. The molecule has 2 aromatic rings. The van der Waals surface area contributed by atoms with Gasteiger partial charge in [0, 0.05) is 6.42 Å². The van der Waals surface area contributed by atoms with Gasteiger partial charge in [0.25, 0.3) is 0 Å². The predicted molar refractivity (Wildman–Crippen MR) is 81.0 cm³/mol. The van der Waals surface area contributed by atoms with Gasteiger partial charge in [0.2, 0.25) is 6.41 Å². The number of rotatable bonds is 6. The largest absolute Gasteiger partial charge is 0.467 e. The number of amides is 1. The fourth-order valence-electron chi connectivity index (χ4n) is 2.04. The van der Waals surface area contributed by atoms with E-state index < -0.39 is 12.0 Å². The molecule has 110 valence electrons. The number of aryl methyl sites for hydroxylation is 1. The zero-order valence-electron chi connectivity index (χ0n) is 11.8. The molecule has 1 aromatic carbocycles. The Kier molecular flexibility index (Phi) is 5.05. The van der Waals surface area contributed by atoms with Crippen LogP contribution in [-0.2, 0) is 20.7 Å². The van der Waals surface area contributed by atoms with Crippen molar-refractivity contribution in [2.24, 2.45) is 0 Å². The average molecular weight is 304 g/mol. The van der Waals surface area contributed by atoms with Gasteiger partial charge in [-0.2, -0.15) is 0 Å². The fourth-order valence-corrected chi connectivity index (χ4v) is 2.85. The Morgan fingerprint density at radius 2 is 2.14 bits per heavy atom. The molecule has 5 nitrogen and oxygen atoms in total. The van der Waals surface area contributed by atoms with Crippen LogP contribution in [0, 0.1) is 6.92 Å². The molecule has 1 N–H and O–H groups in total. The molecular weight excluding hydrogens is 288 g/mol. The van der Waals surface area contributed by atoms with Crippen molar-refractivity contribution >= 4 is 23.7 Å². The number of aromatic nitrogens is 1. The Balaban J connectivity index is 2.13. The molecule has 1 unspecified atom stereocenters. The smallest absolute Gasteiger partial charge is 0.328 e. The number of methoxy groups -OCH3 is 1. The first-order valence-electron chi connectivity index (χ1n) is 6.42. The number of thiazole rings is 1. The maximum absolute atomic E-state index is 11.6. The highest BCUT2D eigenvalue weighted by molar-refractivity contribution is 7.13.